The maximum atomic E-state index is 6.15. The number of ether oxygens (including phenoxy) is 1. The molecule has 0 N–H and O–H groups in total. The van der Waals surface area contributed by atoms with Crippen LogP contribution in [0.1, 0.15) is 0 Å². The molecule has 0 atom stereocenters. The topological polar surface area (TPSA) is 31.8 Å². The van der Waals surface area contributed by atoms with Crippen LogP contribution in [0.4, 0.5) is 22.7 Å². The molecule has 0 saturated heterocycles. The number of nitrogens with zero attached hydrogens (tertiary/aromatic N) is 4. The second kappa shape index (κ2) is 9.73. The van der Waals surface area contributed by atoms with Crippen molar-refractivity contribution in [2.75, 3.05) is 23.5 Å². The number of benzene rings is 4. The molecule has 5 nitrogen and oxygen atoms in total. The Balaban J connectivity index is 1.40. The van der Waals surface area contributed by atoms with Gasteiger partial charge in [0, 0.05) is 54.5 Å². The minimum Gasteiger partial charge on any atom is -0.439 e. The lowest BCUT2D eigenvalue weighted by atomic mass is 9.35. The third kappa shape index (κ3) is 4.30. The van der Waals surface area contributed by atoms with Crippen molar-refractivity contribution in [2.24, 2.45) is 0 Å². The van der Waals surface area contributed by atoms with E-state index in [9.17, 15) is 0 Å². The van der Waals surface area contributed by atoms with Crippen LogP contribution in [-0.4, -0.2) is 30.3 Å². The standard InChI is InChI=1S/C33H27BN4O/c1-36-20-21-37(24-36)27-17-18-32-30(23-27)34(25-10-9-13-28(22-25)39-33-16-7-8-19-35-33)29-14-5-6-15-31(29)38(32)26-11-3-2-4-12-26/h2-23H,24H2,1H3. The van der Waals surface area contributed by atoms with Gasteiger partial charge in [0.05, 0.1) is 6.67 Å². The highest BCUT2D eigenvalue weighted by Crippen LogP contribution is 2.37. The highest BCUT2D eigenvalue weighted by atomic mass is 16.5. The van der Waals surface area contributed by atoms with Crippen LogP contribution in [0.2, 0.25) is 0 Å². The molecule has 2 aliphatic heterocycles. The van der Waals surface area contributed by atoms with E-state index in [0.29, 0.717) is 5.88 Å². The van der Waals surface area contributed by atoms with Gasteiger partial charge in [-0.15, -0.1) is 0 Å². The van der Waals surface area contributed by atoms with E-state index in [1.807, 2.05) is 24.3 Å². The molecule has 7 rings (SSSR count). The second-order valence-electron chi connectivity index (χ2n) is 9.91. The smallest absolute Gasteiger partial charge is 0.246 e. The average molecular weight is 506 g/mol. The Kier molecular flexibility index (Phi) is 5.78. The predicted molar refractivity (Wildman–Crippen MR) is 161 cm³/mol. The summed E-state index contributed by atoms with van der Waals surface area (Å²) in [5.41, 5.74) is 8.38. The second-order valence-corrected chi connectivity index (χ2v) is 9.91. The van der Waals surface area contributed by atoms with Gasteiger partial charge in [-0.05, 0) is 65.5 Å². The molecule has 0 saturated carbocycles. The summed E-state index contributed by atoms with van der Waals surface area (Å²) in [7, 11) is 2.10. The third-order valence-corrected chi connectivity index (χ3v) is 7.33. The summed E-state index contributed by atoms with van der Waals surface area (Å²) in [5, 5.41) is 0. The van der Waals surface area contributed by atoms with Crippen molar-refractivity contribution in [3.8, 4) is 11.6 Å². The molecular weight excluding hydrogens is 479 g/mol. The fourth-order valence-corrected chi connectivity index (χ4v) is 5.58. The molecule has 5 aromatic rings. The quantitative estimate of drug-likeness (QED) is 0.294. The first kappa shape index (κ1) is 23.2. The Hall–Kier alpha value is -4.97. The number of anilines is 4. The number of hydrogen-bond donors (Lipinski definition) is 0. The zero-order chi connectivity index (χ0) is 26.2. The molecule has 3 heterocycles. The van der Waals surface area contributed by atoms with E-state index >= 15 is 0 Å². The molecule has 39 heavy (non-hydrogen) atoms. The summed E-state index contributed by atoms with van der Waals surface area (Å²) in [6.07, 6.45) is 6.00. The summed E-state index contributed by atoms with van der Waals surface area (Å²) in [5.74, 6) is 1.36. The van der Waals surface area contributed by atoms with Gasteiger partial charge in [0.15, 0.2) is 0 Å². The Morgan fingerprint density at radius 3 is 2.33 bits per heavy atom. The predicted octanol–water partition coefficient (Wildman–Crippen LogP) is 5.35. The van der Waals surface area contributed by atoms with E-state index in [0.717, 1.165) is 18.1 Å². The summed E-state index contributed by atoms with van der Waals surface area (Å²) in [6, 6.07) is 40.3. The molecule has 0 spiro atoms. The van der Waals surface area contributed by atoms with Gasteiger partial charge in [0.2, 0.25) is 12.6 Å². The van der Waals surface area contributed by atoms with Crippen molar-refractivity contribution >= 4 is 45.9 Å². The van der Waals surface area contributed by atoms with E-state index in [1.54, 1.807) is 6.20 Å². The number of aromatic nitrogens is 1. The highest BCUT2D eigenvalue weighted by Gasteiger charge is 2.35. The van der Waals surface area contributed by atoms with Gasteiger partial charge >= 0.3 is 0 Å². The molecular formula is C33H27BN4O. The normalized spacial score (nSPS) is 13.9. The van der Waals surface area contributed by atoms with Gasteiger partial charge in [0.1, 0.15) is 5.75 Å². The fourth-order valence-electron chi connectivity index (χ4n) is 5.58. The summed E-state index contributed by atoms with van der Waals surface area (Å²) < 4.78 is 6.15. The van der Waals surface area contributed by atoms with Crippen molar-refractivity contribution < 1.29 is 4.74 Å². The summed E-state index contributed by atoms with van der Waals surface area (Å²) in [6.45, 7) is 0.864. The average Bonchev–Trinajstić information content (AvgIpc) is 3.43. The Labute approximate surface area is 229 Å². The highest BCUT2D eigenvalue weighted by molar-refractivity contribution is 6.98. The van der Waals surface area contributed by atoms with Crippen LogP contribution >= 0.6 is 0 Å². The van der Waals surface area contributed by atoms with Crippen LogP contribution in [0.5, 0.6) is 11.6 Å². The van der Waals surface area contributed by atoms with E-state index < -0.39 is 0 Å². The monoisotopic (exact) mass is 506 g/mol. The molecule has 0 fully saturated rings. The lowest BCUT2D eigenvalue weighted by molar-refractivity contribution is 0.463. The van der Waals surface area contributed by atoms with Gasteiger partial charge in [0.25, 0.3) is 0 Å². The fraction of sp³-hybridized carbons (Fsp3) is 0.0606. The van der Waals surface area contributed by atoms with Crippen molar-refractivity contribution in [2.45, 2.75) is 0 Å². The van der Waals surface area contributed by atoms with Crippen LogP contribution in [0.15, 0.2) is 134 Å². The van der Waals surface area contributed by atoms with Crippen LogP contribution in [0.3, 0.4) is 0 Å². The Bertz CT molecular complexity index is 1660. The van der Waals surface area contributed by atoms with Crippen LogP contribution in [-0.2, 0) is 0 Å². The maximum Gasteiger partial charge on any atom is 0.246 e. The van der Waals surface area contributed by atoms with E-state index in [-0.39, 0.29) is 6.71 Å². The number of fused-ring (bicyclic) bond motifs is 2. The van der Waals surface area contributed by atoms with Crippen LogP contribution in [0, 0.1) is 0 Å². The Morgan fingerprint density at radius 1 is 0.692 bits per heavy atom. The van der Waals surface area contributed by atoms with Gasteiger partial charge in [-0.3, -0.25) is 0 Å². The lowest BCUT2D eigenvalue weighted by Gasteiger charge is -2.37. The van der Waals surface area contributed by atoms with Gasteiger partial charge in [-0.25, -0.2) is 4.98 Å². The number of pyridine rings is 1. The minimum atomic E-state index is 0.0349. The van der Waals surface area contributed by atoms with Crippen molar-refractivity contribution in [3.05, 3.63) is 134 Å². The van der Waals surface area contributed by atoms with Crippen LogP contribution in [0.25, 0.3) is 0 Å². The van der Waals surface area contributed by atoms with Gasteiger partial charge < -0.3 is 19.4 Å². The first-order valence-corrected chi connectivity index (χ1v) is 13.2. The number of rotatable bonds is 5. The molecule has 4 aromatic carbocycles. The SMILES string of the molecule is CN1C=CN(c2ccc3c(c2)B(c2cccc(Oc4ccccn4)c2)c2ccccc2N3c2ccccc2)C1. The van der Waals surface area contributed by atoms with Crippen molar-refractivity contribution in [3.63, 3.8) is 0 Å². The molecule has 6 heteroatoms. The van der Waals surface area contributed by atoms with E-state index in [1.165, 1.54) is 33.5 Å². The zero-order valence-corrected chi connectivity index (χ0v) is 21.7. The molecule has 2 aliphatic rings. The molecule has 0 bridgehead atoms. The number of para-hydroxylation sites is 2. The summed E-state index contributed by atoms with van der Waals surface area (Å²) >= 11 is 0. The zero-order valence-electron chi connectivity index (χ0n) is 21.7. The molecule has 0 aliphatic carbocycles. The van der Waals surface area contributed by atoms with Gasteiger partial charge in [-0.2, -0.15) is 0 Å². The number of hydrogen-bond acceptors (Lipinski definition) is 5. The minimum absolute atomic E-state index is 0.0349. The molecule has 0 unspecified atom stereocenters. The van der Waals surface area contributed by atoms with Crippen molar-refractivity contribution in [1.82, 2.24) is 9.88 Å². The van der Waals surface area contributed by atoms with Gasteiger partial charge in [-0.1, -0.05) is 60.1 Å². The summed E-state index contributed by atoms with van der Waals surface area (Å²) in [4.78, 5) is 11.2. The third-order valence-electron chi connectivity index (χ3n) is 7.33. The van der Waals surface area contributed by atoms with Crippen LogP contribution < -0.4 is 30.9 Å². The van der Waals surface area contributed by atoms with Crippen molar-refractivity contribution in [1.29, 1.82) is 0 Å². The first-order chi connectivity index (χ1) is 19.2. The molecule has 1 aromatic heterocycles. The Morgan fingerprint density at radius 2 is 1.51 bits per heavy atom. The molecule has 188 valence electrons. The molecule has 0 radical (unpaired) electrons. The van der Waals surface area contributed by atoms with E-state index in [2.05, 4.69) is 130 Å². The molecule has 0 amide bonds. The lowest BCUT2D eigenvalue weighted by Crippen LogP contribution is -2.57. The maximum absolute atomic E-state index is 6.15. The first-order valence-electron chi connectivity index (χ1n) is 13.2. The largest absolute Gasteiger partial charge is 0.439 e. The van der Waals surface area contributed by atoms with E-state index in [4.69, 9.17) is 4.74 Å².